The summed E-state index contributed by atoms with van der Waals surface area (Å²) in [5.41, 5.74) is 1.55. The van der Waals surface area contributed by atoms with E-state index in [2.05, 4.69) is 24.0 Å². The topological polar surface area (TPSA) is 59.2 Å². The molecule has 18 heavy (non-hydrogen) atoms. The molecule has 1 N–H and O–H groups in total. The fourth-order valence-electron chi connectivity index (χ4n) is 1.74. The summed E-state index contributed by atoms with van der Waals surface area (Å²) in [6.07, 6.45) is 1.86. The lowest BCUT2D eigenvalue weighted by Crippen LogP contribution is -1.94. The van der Waals surface area contributed by atoms with Crippen LogP contribution in [0.15, 0.2) is 22.7 Å². The summed E-state index contributed by atoms with van der Waals surface area (Å²) in [5.74, 6) is 2.06. The van der Waals surface area contributed by atoms with Crippen LogP contribution in [-0.2, 0) is 6.42 Å². The van der Waals surface area contributed by atoms with Gasteiger partial charge in [0.25, 0.3) is 5.89 Å². The van der Waals surface area contributed by atoms with Crippen LogP contribution in [0.25, 0.3) is 11.5 Å². The molecular formula is C14H18N2O2. The molecule has 2 rings (SSSR count). The highest BCUT2D eigenvalue weighted by atomic mass is 16.5. The Labute approximate surface area is 107 Å². The number of aromatic nitrogens is 2. The first kappa shape index (κ1) is 12.6. The molecule has 4 heteroatoms. The Morgan fingerprint density at radius 2 is 2.11 bits per heavy atom. The van der Waals surface area contributed by atoms with Gasteiger partial charge >= 0.3 is 0 Å². The molecule has 0 fully saturated rings. The molecule has 0 bridgehead atoms. The van der Waals surface area contributed by atoms with Crippen LogP contribution in [0.2, 0.25) is 0 Å². The zero-order valence-corrected chi connectivity index (χ0v) is 11.0. The molecule has 1 aromatic heterocycles. The van der Waals surface area contributed by atoms with E-state index in [-0.39, 0.29) is 5.75 Å². The van der Waals surface area contributed by atoms with Crippen LogP contribution in [0.4, 0.5) is 0 Å². The average Bonchev–Trinajstić information content (AvgIpc) is 2.78. The fourth-order valence-corrected chi connectivity index (χ4v) is 1.74. The SMILES string of the molecule is Cc1c(O)cccc1-c1nc(CCC(C)C)no1. The molecule has 0 aliphatic heterocycles. The van der Waals surface area contributed by atoms with Gasteiger partial charge in [-0.2, -0.15) is 4.98 Å². The lowest BCUT2D eigenvalue weighted by Gasteiger charge is -2.02. The van der Waals surface area contributed by atoms with Crippen molar-refractivity contribution in [2.75, 3.05) is 0 Å². The van der Waals surface area contributed by atoms with Crippen LogP contribution < -0.4 is 0 Å². The van der Waals surface area contributed by atoms with Gasteiger partial charge in [-0.15, -0.1) is 0 Å². The van der Waals surface area contributed by atoms with Crippen LogP contribution in [0.1, 0.15) is 31.7 Å². The van der Waals surface area contributed by atoms with E-state index in [1.165, 1.54) is 0 Å². The third-order valence-electron chi connectivity index (χ3n) is 2.95. The van der Waals surface area contributed by atoms with Gasteiger partial charge in [0.15, 0.2) is 5.82 Å². The van der Waals surface area contributed by atoms with Crippen molar-refractivity contribution in [1.82, 2.24) is 10.1 Å². The number of benzene rings is 1. The Bertz CT molecular complexity index is 532. The average molecular weight is 246 g/mol. The molecule has 0 unspecified atom stereocenters. The number of aryl methyl sites for hydroxylation is 1. The minimum atomic E-state index is 0.245. The first-order valence-corrected chi connectivity index (χ1v) is 6.19. The lowest BCUT2D eigenvalue weighted by atomic mass is 10.1. The summed E-state index contributed by atoms with van der Waals surface area (Å²) >= 11 is 0. The molecular weight excluding hydrogens is 228 g/mol. The summed E-state index contributed by atoms with van der Waals surface area (Å²) in [6.45, 7) is 6.17. The predicted octanol–water partition coefficient (Wildman–Crippen LogP) is 3.34. The van der Waals surface area contributed by atoms with Crippen LogP contribution in [0, 0.1) is 12.8 Å². The van der Waals surface area contributed by atoms with Crippen LogP contribution in [0.5, 0.6) is 5.75 Å². The van der Waals surface area contributed by atoms with Crippen molar-refractivity contribution >= 4 is 0 Å². The molecule has 4 nitrogen and oxygen atoms in total. The van der Waals surface area contributed by atoms with Gasteiger partial charge in [-0.3, -0.25) is 0 Å². The van der Waals surface area contributed by atoms with E-state index in [4.69, 9.17) is 4.52 Å². The van der Waals surface area contributed by atoms with Crippen molar-refractivity contribution in [2.45, 2.75) is 33.6 Å². The maximum Gasteiger partial charge on any atom is 0.258 e. The minimum absolute atomic E-state index is 0.245. The summed E-state index contributed by atoms with van der Waals surface area (Å²) in [4.78, 5) is 4.37. The summed E-state index contributed by atoms with van der Waals surface area (Å²) < 4.78 is 5.25. The Morgan fingerprint density at radius 1 is 1.33 bits per heavy atom. The van der Waals surface area contributed by atoms with Crippen molar-refractivity contribution < 1.29 is 9.63 Å². The predicted molar refractivity (Wildman–Crippen MR) is 69.3 cm³/mol. The van der Waals surface area contributed by atoms with E-state index >= 15 is 0 Å². The quantitative estimate of drug-likeness (QED) is 0.898. The largest absolute Gasteiger partial charge is 0.508 e. The zero-order valence-electron chi connectivity index (χ0n) is 11.0. The third kappa shape index (κ3) is 2.70. The Morgan fingerprint density at radius 3 is 2.83 bits per heavy atom. The molecule has 96 valence electrons. The van der Waals surface area contributed by atoms with Crippen molar-refractivity contribution in [1.29, 1.82) is 0 Å². The molecule has 0 saturated carbocycles. The molecule has 0 saturated heterocycles. The normalized spacial score (nSPS) is 11.1. The zero-order chi connectivity index (χ0) is 13.1. The molecule has 2 aromatic rings. The van der Waals surface area contributed by atoms with Gasteiger partial charge in [-0.05, 0) is 31.4 Å². The number of hydrogen-bond acceptors (Lipinski definition) is 4. The second-order valence-electron chi connectivity index (χ2n) is 4.90. The summed E-state index contributed by atoms with van der Waals surface area (Å²) in [6, 6.07) is 5.29. The molecule has 0 aliphatic rings. The van der Waals surface area contributed by atoms with Gasteiger partial charge in [-0.25, -0.2) is 0 Å². The third-order valence-corrected chi connectivity index (χ3v) is 2.95. The lowest BCUT2D eigenvalue weighted by molar-refractivity contribution is 0.418. The van der Waals surface area contributed by atoms with E-state index < -0.39 is 0 Å². The van der Waals surface area contributed by atoms with Gasteiger partial charge in [-0.1, -0.05) is 25.1 Å². The van der Waals surface area contributed by atoms with Crippen molar-refractivity contribution in [3.63, 3.8) is 0 Å². The molecule has 0 atom stereocenters. The molecule has 1 aromatic carbocycles. The summed E-state index contributed by atoms with van der Waals surface area (Å²) in [7, 11) is 0. The monoisotopic (exact) mass is 246 g/mol. The maximum absolute atomic E-state index is 9.65. The number of phenolic OH excluding ortho intramolecular Hbond substituents is 1. The smallest absolute Gasteiger partial charge is 0.258 e. The number of aromatic hydroxyl groups is 1. The summed E-state index contributed by atoms with van der Waals surface area (Å²) in [5, 5.41) is 13.6. The second-order valence-corrected chi connectivity index (χ2v) is 4.90. The molecule has 0 aliphatic carbocycles. The van der Waals surface area contributed by atoms with E-state index in [0.717, 1.165) is 29.8 Å². The highest BCUT2D eigenvalue weighted by molar-refractivity contribution is 5.61. The van der Waals surface area contributed by atoms with Crippen LogP contribution in [0.3, 0.4) is 0 Å². The van der Waals surface area contributed by atoms with E-state index in [1.54, 1.807) is 12.1 Å². The number of rotatable bonds is 4. The highest BCUT2D eigenvalue weighted by Gasteiger charge is 2.13. The van der Waals surface area contributed by atoms with Gasteiger partial charge in [0.05, 0.1) is 0 Å². The van der Waals surface area contributed by atoms with E-state index in [0.29, 0.717) is 11.8 Å². The van der Waals surface area contributed by atoms with E-state index in [1.807, 2.05) is 13.0 Å². The maximum atomic E-state index is 9.65. The molecule has 0 spiro atoms. The Hall–Kier alpha value is -1.84. The molecule has 1 heterocycles. The second kappa shape index (κ2) is 5.21. The Kier molecular flexibility index (Phi) is 3.65. The van der Waals surface area contributed by atoms with Crippen LogP contribution >= 0.6 is 0 Å². The molecule has 0 amide bonds. The number of nitrogens with zero attached hydrogens (tertiary/aromatic N) is 2. The van der Waals surface area contributed by atoms with Gasteiger partial charge < -0.3 is 9.63 Å². The van der Waals surface area contributed by atoms with Gasteiger partial charge in [0.1, 0.15) is 5.75 Å². The van der Waals surface area contributed by atoms with Crippen molar-refractivity contribution in [3.8, 4) is 17.2 Å². The van der Waals surface area contributed by atoms with Crippen molar-refractivity contribution in [2.24, 2.45) is 5.92 Å². The van der Waals surface area contributed by atoms with E-state index in [9.17, 15) is 5.11 Å². The Balaban J connectivity index is 2.21. The first-order valence-electron chi connectivity index (χ1n) is 6.19. The minimum Gasteiger partial charge on any atom is -0.508 e. The molecule has 0 radical (unpaired) electrons. The number of hydrogen-bond donors (Lipinski definition) is 1. The standard InChI is InChI=1S/C14H18N2O2/c1-9(2)7-8-13-15-14(18-16-13)11-5-4-6-12(17)10(11)3/h4-6,9,17H,7-8H2,1-3H3. The van der Waals surface area contributed by atoms with Gasteiger partial charge in [0.2, 0.25) is 0 Å². The first-order chi connectivity index (χ1) is 8.58. The van der Waals surface area contributed by atoms with Gasteiger partial charge in [0, 0.05) is 17.5 Å². The highest BCUT2D eigenvalue weighted by Crippen LogP contribution is 2.27. The van der Waals surface area contributed by atoms with Crippen LogP contribution in [-0.4, -0.2) is 15.2 Å². The fraction of sp³-hybridized carbons (Fsp3) is 0.429. The van der Waals surface area contributed by atoms with Crippen molar-refractivity contribution in [3.05, 3.63) is 29.6 Å². The number of phenols is 1.